The number of carbonyl (C=O) groups is 2. The molecule has 2 nitrogen and oxygen atoms in total. The fourth-order valence-corrected chi connectivity index (χ4v) is 2.37. The minimum atomic E-state index is -2.01. The monoisotopic (exact) mass is 278 g/mol. The summed E-state index contributed by atoms with van der Waals surface area (Å²) in [4.78, 5) is 23.9. The van der Waals surface area contributed by atoms with E-state index in [-0.39, 0.29) is 6.42 Å². The Morgan fingerprint density at radius 1 is 1.15 bits per heavy atom. The second-order valence-corrected chi connectivity index (χ2v) is 4.95. The molecule has 0 aromatic heterocycles. The van der Waals surface area contributed by atoms with Crippen LogP contribution < -0.4 is 0 Å². The SMILES string of the molecule is CCCCC(=O)C(F)C(=O)c1cccc(CC)c1CC. The number of alkyl halides is 1. The maximum atomic E-state index is 14.1. The van der Waals surface area contributed by atoms with E-state index in [0.717, 1.165) is 24.0 Å². The highest BCUT2D eigenvalue weighted by atomic mass is 19.1. The number of Topliss-reactive ketones (excluding diaryl/α,β-unsaturated/α-hetero) is 2. The van der Waals surface area contributed by atoms with Gasteiger partial charge in [0.2, 0.25) is 12.0 Å². The molecule has 0 aliphatic heterocycles. The molecule has 0 N–H and O–H groups in total. The fraction of sp³-hybridized carbons (Fsp3) is 0.529. The fourth-order valence-electron chi connectivity index (χ4n) is 2.37. The minimum Gasteiger partial charge on any atom is -0.296 e. The average molecular weight is 278 g/mol. The van der Waals surface area contributed by atoms with Crippen molar-refractivity contribution in [3.8, 4) is 0 Å². The molecule has 0 heterocycles. The van der Waals surface area contributed by atoms with Crippen molar-refractivity contribution < 1.29 is 14.0 Å². The first-order valence-corrected chi connectivity index (χ1v) is 7.38. The summed E-state index contributed by atoms with van der Waals surface area (Å²) in [6, 6.07) is 5.33. The maximum Gasteiger partial charge on any atom is 0.220 e. The van der Waals surface area contributed by atoms with Gasteiger partial charge in [-0.25, -0.2) is 4.39 Å². The molecule has 0 spiro atoms. The molecule has 0 radical (unpaired) electrons. The Balaban J connectivity index is 2.99. The van der Waals surface area contributed by atoms with E-state index < -0.39 is 17.7 Å². The summed E-state index contributed by atoms with van der Waals surface area (Å²) in [5, 5.41) is 0. The standard InChI is InChI=1S/C17H23FO2/c1-4-7-11-15(19)16(18)17(20)14-10-8-9-12(5-2)13(14)6-3/h8-10,16H,4-7,11H2,1-3H3. The lowest BCUT2D eigenvalue weighted by atomic mass is 9.92. The first-order chi connectivity index (χ1) is 9.56. The molecule has 1 rings (SSSR count). The average Bonchev–Trinajstić information content (AvgIpc) is 2.49. The van der Waals surface area contributed by atoms with E-state index >= 15 is 0 Å². The number of rotatable bonds is 8. The van der Waals surface area contributed by atoms with Crippen LogP contribution in [0.2, 0.25) is 0 Å². The first kappa shape index (κ1) is 16.5. The lowest BCUT2D eigenvalue weighted by Gasteiger charge is -2.13. The molecule has 20 heavy (non-hydrogen) atoms. The number of aryl methyl sites for hydroxylation is 1. The van der Waals surface area contributed by atoms with Crippen molar-refractivity contribution in [2.75, 3.05) is 0 Å². The van der Waals surface area contributed by atoms with Crippen LogP contribution in [0, 0.1) is 0 Å². The van der Waals surface area contributed by atoms with Crippen LogP contribution >= 0.6 is 0 Å². The highest BCUT2D eigenvalue weighted by Crippen LogP contribution is 2.20. The van der Waals surface area contributed by atoms with Crippen molar-refractivity contribution in [1.82, 2.24) is 0 Å². The van der Waals surface area contributed by atoms with Crippen LogP contribution in [0.15, 0.2) is 18.2 Å². The van der Waals surface area contributed by atoms with Gasteiger partial charge < -0.3 is 0 Å². The molecular weight excluding hydrogens is 255 g/mol. The first-order valence-electron chi connectivity index (χ1n) is 7.38. The third kappa shape index (κ3) is 3.75. The second kappa shape index (κ2) is 7.93. The molecule has 1 aromatic carbocycles. The van der Waals surface area contributed by atoms with Gasteiger partial charge in [0, 0.05) is 12.0 Å². The summed E-state index contributed by atoms with van der Waals surface area (Å²) in [6.45, 7) is 5.88. The second-order valence-electron chi connectivity index (χ2n) is 4.95. The summed E-state index contributed by atoms with van der Waals surface area (Å²) in [6.07, 6.45) is 1.03. The molecule has 3 heteroatoms. The molecule has 0 saturated carbocycles. The van der Waals surface area contributed by atoms with Gasteiger partial charge in [-0.1, -0.05) is 45.4 Å². The number of hydrogen-bond acceptors (Lipinski definition) is 2. The Hall–Kier alpha value is -1.51. The van der Waals surface area contributed by atoms with Crippen molar-refractivity contribution in [3.05, 3.63) is 34.9 Å². The highest BCUT2D eigenvalue weighted by Gasteiger charge is 2.28. The zero-order valence-corrected chi connectivity index (χ0v) is 12.5. The summed E-state index contributed by atoms with van der Waals surface area (Å²) in [5.41, 5.74) is 2.28. The Kier molecular flexibility index (Phi) is 6.56. The summed E-state index contributed by atoms with van der Waals surface area (Å²) in [7, 11) is 0. The number of halogens is 1. The molecule has 110 valence electrons. The summed E-state index contributed by atoms with van der Waals surface area (Å²) < 4.78 is 14.1. The van der Waals surface area contributed by atoms with E-state index in [1.165, 1.54) is 0 Å². The van der Waals surface area contributed by atoms with Gasteiger partial charge >= 0.3 is 0 Å². The molecular formula is C17H23FO2. The highest BCUT2D eigenvalue weighted by molar-refractivity contribution is 6.13. The minimum absolute atomic E-state index is 0.137. The number of hydrogen-bond donors (Lipinski definition) is 0. The molecule has 1 aromatic rings. The van der Waals surface area contributed by atoms with Gasteiger partial charge in [-0.05, 0) is 30.4 Å². The van der Waals surface area contributed by atoms with Crippen molar-refractivity contribution in [2.45, 2.75) is 59.0 Å². The molecule has 0 aliphatic rings. The van der Waals surface area contributed by atoms with Crippen LogP contribution in [0.4, 0.5) is 4.39 Å². The van der Waals surface area contributed by atoms with Gasteiger partial charge in [0.15, 0.2) is 5.78 Å². The van der Waals surface area contributed by atoms with Crippen molar-refractivity contribution in [2.24, 2.45) is 0 Å². The number of unbranched alkanes of at least 4 members (excludes halogenated alkanes) is 1. The van der Waals surface area contributed by atoms with Crippen LogP contribution in [-0.2, 0) is 17.6 Å². The zero-order valence-electron chi connectivity index (χ0n) is 12.5. The Morgan fingerprint density at radius 2 is 1.85 bits per heavy atom. The molecule has 0 aliphatic carbocycles. The zero-order chi connectivity index (χ0) is 15.1. The molecule has 1 atom stereocenters. The topological polar surface area (TPSA) is 34.1 Å². The summed E-state index contributed by atoms with van der Waals surface area (Å²) >= 11 is 0. The van der Waals surface area contributed by atoms with Gasteiger partial charge in [0.25, 0.3) is 0 Å². The van der Waals surface area contributed by atoms with E-state index in [4.69, 9.17) is 0 Å². The van der Waals surface area contributed by atoms with Gasteiger partial charge in [-0.3, -0.25) is 9.59 Å². The van der Waals surface area contributed by atoms with Gasteiger partial charge in [-0.15, -0.1) is 0 Å². The van der Waals surface area contributed by atoms with E-state index in [0.29, 0.717) is 18.4 Å². The Labute approximate surface area is 120 Å². The normalized spacial score (nSPS) is 12.2. The summed E-state index contributed by atoms with van der Waals surface area (Å²) in [5.74, 6) is -1.28. The molecule has 1 unspecified atom stereocenters. The predicted molar refractivity (Wildman–Crippen MR) is 79.0 cm³/mol. The van der Waals surface area contributed by atoms with Crippen molar-refractivity contribution in [3.63, 3.8) is 0 Å². The van der Waals surface area contributed by atoms with Crippen LogP contribution in [0.25, 0.3) is 0 Å². The van der Waals surface area contributed by atoms with Gasteiger partial charge in [-0.2, -0.15) is 0 Å². The van der Waals surface area contributed by atoms with E-state index in [2.05, 4.69) is 0 Å². The van der Waals surface area contributed by atoms with Crippen LogP contribution in [0.3, 0.4) is 0 Å². The molecule has 0 bridgehead atoms. The van der Waals surface area contributed by atoms with Crippen molar-refractivity contribution >= 4 is 11.6 Å². The quantitative estimate of drug-likeness (QED) is 0.530. The molecule has 0 fully saturated rings. The predicted octanol–water partition coefficient (Wildman–Crippen LogP) is 4.09. The number of carbonyl (C=O) groups excluding carboxylic acids is 2. The van der Waals surface area contributed by atoms with Crippen LogP contribution in [-0.4, -0.2) is 17.7 Å². The number of benzene rings is 1. The lowest BCUT2D eigenvalue weighted by molar-refractivity contribution is -0.122. The third-order valence-corrected chi connectivity index (χ3v) is 3.56. The Bertz CT molecular complexity index is 480. The van der Waals surface area contributed by atoms with Crippen LogP contribution in [0.1, 0.15) is 61.5 Å². The van der Waals surface area contributed by atoms with E-state index in [1.807, 2.05) is 26.8 Å². The van der Waals surface area contributed by atoms with E-state index in [9.17, 15) is 14.0 Å². The Morgan fingerprint density at radius 3 is 2.40 bits per heavy atom. The molecule has 0 amide bonds. The maximum absolute atomic E-state index is 14.1. The van der Waals surface area contributed by atoms with E-state index in [1.54, 1.807) is 12.1 Å². The number of ketones is 2. The van der Waals surface area contributed by atoms with Crippen LogP contribution in [0.5, 0.6) is 0 Å². The van der Waals surface area contributed by atoms with Crippen molar-refractivity contribution in [1.29, 1.82) is 0 Å². The third-order valence-electron chi connectivity index (χ3n) is 3.56. The largest absolute Gasteiger partial charge is 0.296 e. The lowest BCUT2D eigenvalue weighted by Crippen LogP contribution is -2.27. The molecule has 0 saturated heterocycles. The van der Waals surface area contributed by atoms with Gasteiger partial charge in [0.05, 0.1) is 0 Å². The smallest absolute Gasteiger partial charge is 0.220 e. The van der Waals surface area contributed by atoms with Gasteiger partial charge in [0.1, 0.15) is 0 Å².